The van der Waals surface area contributed by atoms with Crippen LogP contribution in [0.2, 0.25) is 0 Å². The summed E-state index contributed by atoms with van der Waals surface area (Å²) in [4.78, 5) is 17.9. The summed E-state index contributed by atoms with van der Waals surface area (Å²) in [7, 11) is 3.84. The van der Waals surface area contributed by atoms with Crippen LogP contribution in [0.4, 0.5) is 0 Å². The number of nitrogens with zero attached hydrogens (tertiary/aromatic N) is 2. The van der Waals surface area contributed by atoms with Crippen molar-refractivity contribution in [3.63, 3.8) is 0 Å². The topological polar surface area (TPSA) is 56.7 Å². The van der Waals surface area contributed by atoms with Crippen LogP contribution < -0.4 is 10.6 Å². The number of hydrogen-bond acceptors (Lipinski definition) is 2. The molecular formula is C14H29IN4O. The first kappa shape index (κ1) is 19.5. The molecule has 0 radical (unpaired) electrons. The van der Waals surface area contributed by atoms with Gasteiger partial charge < -0.3 is 15.5 Å². The Balaban J connectivity index is 0.00000361. The van der Waals surface area contributed by atoms with Gasteiger partial charge in [0, 0.05) is 39.6 Å². The minimum Gasteiger partial charge on any atom is -0.356 e. The summed E-state index contributed by atoms with van der Waals surface area (Å²) >= 11 is 0. The Morgan fingerprint density at radius 3 is 2.60 bits per heavy atom. The zero-order chi connectivity index (χ0) is 14.1. The summed E-state index contributed by atoms with van der Waals surface area (Å²) in [5.74, 6) is 1.09. The maximum atomic E-state index is 11.5. The third-order valence-electron chi connectivity index (χ3n) is 3.23. The molecule has 1 rings (SSSR count). The van der Waals surface area contributed by atoms with Gasteiger partial charge in [-0.1, -0.05) is 13.3 Å². The van der Waals surface area contributed by atoms with Gasteiger partial charge in [-0.15, -0.1) is 24.0 Å². The molecule has 1 saturated carbocycles. The Bertz CT molecular complexity index is 306. The predicted octanol–water partition coefficient (Wildman–Crippen LogP) is 1.97. The van der Waals surface area contributed by atoms with Gasteiger partial charge in [0.1, 0.15) is 0 Å². The smallest absolute Gasteiger partial charge is 0.220 e. The molecule has 0 aromatic heterocycles. The fourth-order valence-corrected chi connectivity index (χ4v) is 1.86. The summed E-state index contributed by atoms with van der Waals surface area (Å²) in [6.07, 6.45) is 6.10. The average Bonchev–Trinajstić information content (AvgIpc) is 3.20. The van der Waals surface area contributed by atoms with Crippen LogP contribution in [0.15, 0.2) is 4.99 Å². The summed E-state index contributed by atoms with van der Waals surface area (Å²) in [5, 5.41) is 6.30. The van der Waals surface area contributed by atoms with Crippen LogP contribution in [0.25, 0.3) is 0 Å². The van der Waals surface area contributed by atoms with E-state index >= 15 is 0 Å². The Labute approximate surface area is 140 Å². The molecular weight excluding hydrogens is 367 g/mol. The van der Waals surface area contributed by atoms with Gasteiger partial charge >= 0.3 is 0 Å². The van der Waals surface area contributed by atoms with Crippen molar-refractivity contribution in [2.45, 2.75) is 51.5 Å². The molecule has 1 aliphatic carbocycles. The second kappa shape index (κ2) is 11.2. The first-order valence-corrected chi connectivity index (χ1v) is 7.38. The third kappa shape index (κ3) is 8.60. The fraction of sp³-hybridized carbons (Fsp3) is 0.857. The van der Waals surface area contributed by atoms with Crippen LogP contribution in [0.1, 0.15) is 45.4 Å². The highest BCUT2D eigenvalue weighted by molar-refractivity contribution is 14.0. The molecule has 0 spiro atoms. The van der Waals surface area contributed by atoms with Crippen LogP contribution in [-0.4, -0.2) is 50.0 Å². The number of nitrogens with one attached hydrogen (secondary N) is 2. The monoisotopic (exact) mass is 396 g/mol. The standard InChI is InChI=1S/C14H28N4O.HI/c1-4-5-11-18(3)14(15-2)16-10-6-7-13(19)17-12-8-9-12;/h12H,4-11H2,1-3H3,(H,15,16)(H,17,19);1H. The summed E-state index contributed by atoms with van der Waals surface area (Å²) < 4.78 is 0. The number of carbonyl (C=O) groups excluding carboxylic acids is 1. The molecule has 0 aromatic rings. The van der Waals surface area contributed by atoms with Gasteiger partial charge in [-0.05, 0) is 25.7 Å². The SMILES string of the molecule is CCCCN(C)C(=NC)NCCCC(=O)NC1CC1.I. The molecule has 6 heteroatoms. The van der Waals surface area contributed by atoms with Crippen molar-refractivity contribution in [2.24, 2.45) is 4.99 Å². The number of rotatable bonds is 8. The van der Waals surface area contributed by atoms with Gasteiger partial charge in [-0.3, -0.25) is 9.79 Å². The molecule has 0 atom stereocenters. The first-order valence-electron chi connectivity index (χ1n) is 7.38. The van der Waals surface area contributed by atoms with Gasteiger partial charge in [-0.25, -0.2) is 0 Å². The average molecular weight is 396 g/mol. The number of unbranched alkanes of at least 4 members (excludes halogenated alkanes) is 1. The van der Waals surface area contributed by atoms with Crippen LogP contribution in [0.5, 0.6) is 0 Å². The molecule has 2 N–H and O–H groups in total. The number of guanidine groups is 1. The van der Waals surface area contributed by atoms with E-state index in [-0.39, 0.29) is 29.9 Å². The van der Waals surface area contributed by atoms with Crippen LogP contribution >= 0.6 is 24.0 Å². The highest BCUT2D eigenvalue weighted by Gasteiger charge is 2.22. The molecule has 0 bridgehead atoms. The van der Waals surface area contributed by atoms with Crippen LogP contribution in [0, 0.1) is 0 Å². The quantitative estimate of drug-likeness (QED) is 0.286. The third-order valence-corrected chi connectivity index (χ3v) is 3.23. The molecule has 118 valence electrons. The number of hydrogen-bond donors (Lipinski definition) is 2. The van der Waals surface area contributed by atoms with Crippen molar-refractivity contribution in [3.8, 4) is 0 Å². The minimum atomic E-state index is 0. The van der Waals surface area contributed by atoms with E-state index in [4.69, 9.17) is 0 Å². The van der Waals surface area contributed by atoms with Crippen LogP contribution in [0.3, 0.4) is 0 Å². The summed E-state index contributed by atoms with van der Waals surface area (Å²) in [6.45, 7) is 3.99. The highest BCUT2D eigenvalue weighted by Crippen LogP contribution is 2.18. The minimum absolute atomic E-state index is 0. The second-order valence-electron chi connectivity index (χ2n) is 5.19. The first-order chi connectivity index (χ1) is 9.17. The second-order valence-corrected chi connectivity index (χ2v) is 5.19. The highest BCUT2D eigenvalue weighted by atomic mass is 127. The van der Waals surface area contributed by atoms with Gasteiger partial charge in [0.05, 0.1) is 0 Å². The Morgan fingerprint density at radius 2 is 2.05 bits per heavy atom. The molecule has 1 fully saturated rings. The van der Waals surface area contributed by atoms with E-state index in [0.29, 0.717) is 12.5 Å². The van der Waals surface area contributed by atoms with E-state index in [2.05, 4.69) is 27.4 Å². The maximum absolute atomic E-state index is 11.5. The molecule has 5 nitrogen and oxygen atoms in total. The van der Waals surface area contributed by atoms with Crippen molar-refractivity contribution in [3.05, 3.63) is 0 Å². The van der Waals surface area contributed by atoms with Gasteiger partial charge in [0.15, 0.2) is 5.96 Å². The van der Waals surface area contributed by atoms with Crippen molar-refractivity contribution in [1.82, 2.24) is 15.5 Å². The van der Waals surface area contributed by atoms with Crippen molar-refractivity contribution in [2.75, 3.05) is 27.2 Å². The van der Waals surface area contributed by atoms with E-state index in [9.17, 15) is 4.79 Å². The number of aliphatic imine (C=N–C) groups is 1. The predicted molar refractivity (Wildman–Crippen MR) is 94.7 cm³/mol. The van der Waals surface area contributed by atoms with E-state index in [1.54, 1.807) is 7.05 Å². The zero-order valence-corrected chi connectivity index (χ0v) is 15.3. The number of amides is 1. The van der Waals surface area contributed by atoms with Crippen LogP contribution in [-0.2, 0) is 4.79 Å². The summed E-state index contributed by atoms with van der Waals surface area (Å²) in [6, 6.07) is 0.466. The molecule has 0 saturated heterocycles. The summed E-state index contributed by atoms with van der Waals surface area (Å²) in [5.41, 5.74) is 0. The van der Waals surface area contributed by atoms with Crippen molar-refractivity contribution >= 4 is 35.8 Å². The molecule has 0 heterocycles. The largest absolute Gasteiger partial charge is 0.356 e. The number of carbonyl (C=O) groups is 1. The molecule has 20 heavy (non-hydrogen) atoms. The number of halogens is 1. The zero-order valence-electron chi connectivity index (χ0n) is 12.9. The molecule has 1 aliphatic rings. The van der Waals surface area contributed by atoms with E-state index in [1.807, 2.05) is 7.05 Å². The lowest BCUT2D eigenvalue weighted by Crippen LogP contribution is -2.40. The van der Waals surface area contributed by atoms with E-state index in [1.165, 1.54) is 12.8 Å². The maximum Gasteiger partial charge on any atom is 0.220 e. The molecule has 0 unspecified atom stereocenters. The Kier molecular flexibility index (Phi) is 10.9. The lowest BCUT2D eigenvalue weighted by molar-refractivity contribution is -0.121. The van der Waals surface area contributed by atoms with Gasteiger partial charge in [0.25, 0.3) is 0 Å². The Hall–Kier alpha value is -0.530. The Morgan fingerprint density at radius 1 is 1.35 bits per heavy atom. The van der Waals surface area contributed by atoms with Gasteiger partial charge in [0.2, 0.25) is 5.91 Å². The molecule has 1 amide bonds. The van der Waals surface area contributed by atoms with E-state index < -0.39 is 0 Å². The molecule has 0 aliphatic heterocycles. The van der Waals surface area contributed by atoms with Gasteiger partial charge in [-0.2, -0.15) is 0 Å². The molecule has 0 aromatic carbocycles. The lowest BCUT2D eigenvalue weighted by Gasteiger charge is -2.21. The van der Waals surface area contributed by atoms with Crippen molar-refractivity contribution < 1.29 is 4.79 Å². The fourth-order valence-electron chi connectivity index (χ4n) is 1.86. The lowest BCUT2D eigenvalue weighted by atomic mass is 10.3. The normalized spacial score (nSPS) is 14.4. The van der Waals surface area contributed by atoms with Crippen molar-refractivity contribution in [1.29, 1.82) is 0 Å². The van der Waals surface area contributed by atoms with E-state index in [0.717, 1.165) is 38.3 Å².